The molecule has 1 saturated heterocycles. The lowest BCUT2D eigenvalue weighted by Gasteiger charge is -2.37. The number of nitrogens with zero attached hydrogens (tertiary/aromatic N) is 1. The number of carbonyl (C=O) groups is 1. The van der Waals surface area contributed by atoms with E-state index >= 15 is 0 Å². The fraction of sp³-hybridized carbons (Fsp3) is 0.588. The zero-order chi connectivity index (χ0) is 15.0. The first-order chi connectivity index (χ1) is 10.1. The molecule has 2 atom stereocenters. The lowest BCUT2D eigenvalue weighted by Crippen LogP contribution is -2.51. The highest BCUT2D eigenvalue weighted by Crippen LogP contribution is 2.37. The van der Waals surface area contributed by atoms with Gasteiger partial charge in [-0.3, -0.25) is 4.79 Å². The molecular weight excluding hydrogens is 284 g/mol. The average Bonchev–Trinajstić information content (AvgIpc) is 3.22. The first-order valence-corrected chi connectivity index (χ1v) is 8.24. The maximum absolute atomic E-state index is 12.9. The molecule has 1 aliphatic heterocycles. The van der Waals surface area contributed by atoms with Gasteiger partial charge in [-0.1, -0.05) is 30.7 Å². The van der Waals surface area contributed by atoms with Crippen molar-refractivity contribution in [1.82, 2.24) is 10.2 Å². The molecule has 0 spiro atoms. The van der Waals surface area contributed by atoms with Crippen LogP contribution in [0.25, 0.3) is 0 Å². The summed E-state index contributed by atoms with van der Waals surface area (Å²) in [7, 11) is 0. The molecule has 1 aromatic rings. The minimum atomic E-state index is 0.113. The molecule has 4 heteroatoms. The molecular formula is C17H23ClN2O. The molecule has 2 fully saturated rings. The van der Waals surface area contributed by atoms with Crippen molar-refractivity contribution in [2.45, 2.75) is 38.8 Å². The highest BCUT2D eigenvalue weighted by Gasteiger charge is 2.40. The van der Waals surface area contributed by atoms with Gasteiger partial charge in [0.2, 0.25) is 5.91 Å². The molecule has 1 N–H and O–H groups in total. The SMILES string of the molecule is CC(C(=O)N(C1CC1)C(C)c1ccc(Cl)cc1)C1CNC1. The summed E-state index contributed by atoms with van der Waals surface area (Å²) < 4.78 is 0. The number of nitrogens with one attached hydrogen (secondary N) is 1. The second-order valence-electron chi connectivity index (χ2n) is 6.41. The molecule has 3 nitrogen and oxygen atoms in total. The maximum Gasteiger partial charge on any atom is 0.226 e. The Morgan fingerprint density at radius 3 is 2.33 bits per heavy atom. The van der Waals surface area contributed by atoms with E-state index < -0.39 is 0 Å². The largest absolute Gasteiger partial charge is 0.333 e. The van der Waals surface area contributed by atoms with Gasteiger partial charge < -0.3 is 10.2 Å². The fourth-order valence-corrected chi connectivity index (χ4v) is 3.17. The van der Waals surface area contributed by atoms with Crippen LogP contribution < -0.4 is 5.32 Å². The number of hydrogen-bond acceptors (Lipinski definition) is 2. The monoisotopic (exact) mass is 306 g/mol. The van der Waals surface area contributed by atoms with E-state index in [4.69, 9.17) is 11.6 Å². The molecule has 21 heavy (non-hydrogen) atoms. The summed E-state index contributed by atoms with van der Waals surface area (Å²) in [6.45, 7) is 6.16. The van der Waals surface area contributed by atoms with E-state index in [2.05, 4.69) is 24.1 Å². The molecule has 1 amide bonds. The minimum absolute atomic E-state index is 0.113. The minimum Gasteiger partial charge on any atom is -0.333 e. The van der Waals surface area contributed by atoms with Crippen LogP contribution >= 0.6 is 11.6 Å². The summed E-state index contributed by atoms with van der Waals surface area (Å²) in [5.74, 6) is 0.921. The Morgan fingerprint density at radius 1 is 1.24 bits per heavy atom. The van der Waals surface area contributed by atoms with Crippen LogP contribution in [0.4, 0.5) is 0 Å². The van der Waals surface area contributed by atoms with E-state index in [-0.39, 0.29) is 12.0 Å². The van der Waals surface area contributed by atoms with Gasteiger partial charge in [0, 0.05) is 17.0 Å². The van der Waals surface area contributed by atoms with Crippen LogP contribution in [0.5, 0.6) is 0 Å². The fourth-order valence-electron chi connectivity index (χ4n) is 3.04. The number of halogens is 1. The molecule has 114 valence electrons. The van der Waals surface area contributed by atoms with E-state index in [9.17, 15) is 4.79 Å². The van der Waals surface area contributed by atoms with Crippen molar-refractivity contribution in [1.29, 1.82) is 0 Å². The van der Waals surface area contributed by atoms with E-state index in [1.165, 1.54) is 5.56 Å². The highest BCUT2D eigenvalue weighted by atomic mass is 35.5. The van der Waals surface area contributed by atoms with E-state index in [0.717, 1.165) is 31.0 Å². The molecule has 1 heterocycles. The zero-order valence-corrected chi connectivity index (χ0v) is 13.4. The predicted molar refractivity (Wildman–Crippen MR) is 85.3 cm³/mol. The van der Waals surface area contributed by atoms with Gasteiger partial charge in [0.05, 0.1) is 6.04 Å². The Morgan fingerprint density at radius 2 is 1.86 bits per heavy atom. The lowest BCUT2D eigenvalue weighted by molar-refractivity contribution is -0.140. The number of hydrogen-bond donors (Lipinski definition) is 1. The van der Waals surface area contributed by atoms with Crippen LogP contribution in [0, 0.1) is 11.8 Å². The van der Waals surface area contributed by atoms with E-state index in [1.807, 2.05) is 24.3 Å². The number of rotatable bonds is 5. The van der Waals surface area contributed by atoms with Gasteiger partial charge in [-0.15, -0.1) is 0 Å². The number of amides is 1. The Labute approximate surface area is 131 Å². The molecule has 1 aliphatic carbocycles. The molecule has 3 rings (SSSR count). The summed E-state index contributed by atoms with van der Waals surface area (Å²) in [6.07, 6.45) is 2.28. The van der Waals surface area contributed by atoms with Gasteiger partial charge in [0.15, 0.2) is 0 Å². The molecule has 0 radical (unpaired) electrons. The quantitative estimate of drug-likeness (QED) is 0.905. The lowest BCUT2D eigenvalue weighted by atomic mass is 9.87. The molecule has 1 saturated carbocycles. The normalized spacial score (nSPS) is 21.5. The average molecular weight is 307 g/mol. The smallest absolute Gasteiger partial charge is 0.226 e. The van der Waals surface area contributed by atoms with Gasteiger partial charge >= 0.3 is 0 Å². The summed E-state index contributed by atoms with van der Waals surface area (Å²) in [6, 6.07) is 8.43. The third kappa shape index (κ3) is 3.09. The third-order valence-corrected chi connectivity index (χ3v) is 5.13. The van der Waals surface area contributed by atoms with Crippen molar-refractivity contribution in [2.24, 2.45) is 11.8 Å². The van der Waals surface area contributed by atoms with Crippen molar-refractivity contribution in [3.8, 4) is 0 Å². The predicted octanol–water partition coefficient (Wildman–Crippen LogP) is 3.25. The summed E-state index contributed by atoms with van der Waals surface area (Å²) in [5, 5.41) is 4.00. The standard InChI is InChI=1S/C17H23ClN2O/c1-11(14-9-19-10-14)17(21)20(16-7-8-16)12(2)13-3-5-15(18)6-4-13/h3-6,11-12,14,16,19H,7-10H2,1-2H3. The van der Waals surface area contributed by atoms with Crippen molar-refractivity contribution in [3.63, 3.8) is 0 Å². The Kier molecular flexibility index (Phi) is 4.23. The van der Waals surface area contributed by atoms with Crippen LogP contribution in [0.2, 0.25) is 5.02 Å². The summed E-state index contributed by atoms with van der Waals surface area (Å²) >= 11 is 5.96. The molecule has 0 aromatic heterocycles. The van der Waals surface area contributed by atoms with E-state index in [0.29, 0.717) is 17.9 Å². The first-order valence-electron chi connectivity index (χ1n) is 7.86. The highest BCUT2D eigenvalue weighted by molar-refractivity contribution is 6.30. The first kappa shape index (κ1) is 14.9. The van der Waals surface area contributed by atoms with Crippen LogP contribution in [-0.2, 0) is 4.79 Å². The van der Waals surface area contributed by atoms with Crippen LogP contribution in [0.1, 0.15) is 38.3 Å². The van der Waals surface area contributed by atoms with Crippen molar-refractivity contribution in [3.05, 3.63) is 34.9 Å². The number of benzene rings is 1. The Bertz CT molecular complexity index is 508. The zero-order valence-electron chi connectivity index (χ0n) is 12.7. The molecule has 0 bridgehead atoms. The molecule has 2 unspecified atom stereocenters. The third-order valence-electron chi connectivity index (χ3n) is 4.87. The van der Waals surface area contributed by atoms with Gasteiger partial charge in [-0.25, -0.2) is 0 Å². The Balaban J connectivity index is 1.77. The van der Waals surface area contributed by atoms with E-state index in [1.54, 1.807) is 0 Å². The van der Waals surface area contributed by atoms with Crippen molar-refractivity contribution in [2.75, 3.05) is 13.1 Å². The van der Waals surface area contributed by atoms with Gasteiger partial charge in [-0.2, -0.15) is 0 Å². The second kappa shape index (κ2) is 5.98. The van der Waals surface area contributed by atoms with Crippen LogP contribution in [-0.4, -0.2) is 29.9 Å². The second-order valence-corrected chi connectivity index (χ2v) is 6.85. The van der Waals surface area contributed by atoms with Gasteiger partial charge in [-0.05, 0) is 56.5 Å². The number of carbonyl (C=O) groups excluding carboxylic acids is 1. The van der Waals surface area contributed by atoms with Gasteiger partial charge in [0.25, 0.3) is 0 Å². The maximum atomic E-state index is 12.9. The van der Waals surface area contributed by atoms with Crippen molar-refractivity contribution >= 4 is 17.5 Å². The Hall–Kier alpha value is -1.06. The van der Waals surface area contributed by atoms with Crippen LogP contribution in [0.15, 0.2) is 24.3 Å². The summed E-state index contributed by atoms with van der Waals surface area (Å²) in [4.78, 5) is 15.0. The van der Waals surface area contributed by atoms with Crippen LogP contribution in [0.3, 0.4) is 0 Å². The van der Waals surface area contributed by atoms with Gasteiger partial charge in [0.1, 0.15) is 0 Å². The molecule has 2 aliphatic rings. The van der Waals surface area contributed by atoms with Crippen molar-refractivity contribution < 1.29 is 4.79 Å². The molecule has 1 aromatic carbocycles. The topological polar surface area (TPSA) is 32.3 Å². The summed E-state index contributed by atoms with van der Waals surface area (Å²) in [5.41, 5.74) is 1.17.